The fourth-order valence-corrected chi connectivity index (χ4v) is 6.85. The van der Waals surface area contributed by atoms with Gasteiger partial charge in [0.25, 0.3) is 0 Å². The topological polar surface area (TPSA) is 0 Å². The van der Waals surface area contributed by atoms with E-state index in [0.29, 0.717) is 0 Å². The fourth-order valence-electron chi connectivity index (χ4n) is 6.85. The standard InChI is InChI=1S/C42H48/c1-5-39-35-23-15-31(16-24-35)11-9-13-33-19-27-37(28-20-33)41(7-3)42(8-4)38-29-21-34(22-30-38)14-10-12-32-17-25-36(26-18-32)40(39)6-2/h15-30H,5-14H2,1-4H3/b40-39-,42-41-. The maximum Gasteiger partial charge on any atom is -0.0221 e. The third-order valence-corrected chi connectivity index (χ3v) is 9.21. The Morgan fingerprint density at radius 3 is 0.667 bits per heavy atom. The van der Waals surface area contributed by atoms with Crippen molar-refractivity contribution < 1.29 is 0 Å². The van der Waals surface area contributed by atoms with Crippen molar-refractivity contribution in [2.75, 3.05) is 0 Å². The quantitative estimate of drug-likeness (QED) is 0.236. The number of rotatable bonds is 4. The average molecular weight is 553 g/mol. The summed E-state index contributed by atoms with van der Waals surface area (Å²) in [6.07, 6.45) is 11.0. The predicted octanol–water partition coefficient (Wildman–Crippen LogP) is 11.8. The van der Waals surface area contributed by atoms with Crippen LogP contribution in [0, 0.1) is 0 Å². The number of hydrogen-bond donors (Lipinski definition) is 0. The average Bonchev–Trinajstić information content (AvgIpc) is 3.04. The van der Waals surface area contributed by atoms with E-state index in [-0.39, 0.29) is 0 Å². The lowest BCUT2D eigenvalue weighted by molar-refractivity contribution is 0.820. The Bertz CT molecular complexity index is 1260. The minimum Gasteiger partial charge on any atom is -0.0613 e. The van der Waals surface area contributed by atoms with Gasteiger partial charge in [-0.1, -0.05) is 125 Å². The van der Waals surface area contributed by atoms with Crippen LogP contribution in [0.2, 0.25) is 0 Å². The molecular formula is C42H48. The highest BCUT2D eigenvalue weighted by Crippen LogP contribution is 2.33. The van der Waals surface area contributed by atoms with Crippen LogP contribution in [0.15, 0.2) is 97.1 Å². The first kappa shape index (κ1) is 29.8. The number of benzene rings is 4. The summed E-state index contributed by atoms with van der Waals surface area (Å²) in [4.78, 5) is 0. The number of hydrogen-bond acceptors (Lipinski definition) is 0. The maximum atomic E-state index is 2.35. The van der Waals surface area contributed by atoms with Crippen molar-refractivity contribution >= 4 is 22.3 Å². The molecule has 7 aliphatic rings. The SMILES string of the molecule is CC/C1=C(\CC)c2ccc(cc2)CCCc2ccc(cc2)/C(CC)=C(/CC)c2ccc(cc2)CCCc2ccc1cc2. The highest BCUT2D eigenvalue weighted by Gasteiger charge is 2.12. The first-order chi connectivity index (χ1) is 20.6. The van der Waals surface area contributed by atoms with Crippen molar-refractivity contribution in [2.24, 2.45) is 0 Å². The van der Waals surface area contributed by atoms with Crippen molar-refractivity contribution in [1.29, 1.82) is 0 Å². The third-order valence-electron chi connectivity index (χ3n) is 9.21. The van der Waals surface area contributed by atoms with Crippen molar-refractivity contribution in [2.45, 2.75) is 91.9 Å². The van der Waals surface area contributed by atoms with Gasteiger partial charge in [-0.3, -0.25) is 0 Å². The number of aryl methyl sites for hydroxylation is 4. The molecular weight excluding hydrogens is 504 g/mol. The molecule has 216 valence electrons. The van der Waals surface area contributed by atoms with E-state index in [0.717, 1.165) is 51.4 Å². The van der Waals surface area contributed by atoms with Gasteiger partial charge in [-0.25, -0.2) is 0 Å². The van der Waals surface area contributed by atoms with Gasteiger partial charge in [0.1, 0.15) is 0 Å². The van der Waals surface area contributed by atoms with Gasteiger partial charge >= 0.3 is 0 Å². The van der Waals surface area contributed by atoms with Crippen LogP contribution in [0.4, 0.5) is 0 Å². The zero-order chi connectivity index (χ0) is 29.3. The first-order valence-electron chi connectivity index (χ1n) is 16.4. The van der Waals surface area contributed by atoms with Crippen molar-refractivity contribution in [3.05, 3.63) is 142 Å². The molecule has 0 heteroatoms. The van der Waals surface area contributed by atoms with E-state index in [1.165, 1.54) is 79.6 Å². The van der Waals surface area contributed by atoms with Gasteiger partial charge in [0.2, 0.25) is 0 Å². The van der Waals surface area contributed by atoms with Gasteiger partial charge in [-0.05, 0) is 131 Å². The Hall–Kier alpha value is -3.64. The van der Waals surface area contributed by atoms with Crippen LogP contribution in [0.25, 0.3) is 22.3 Å². The predicted molar refractivity (Wildman–Crippen MR) is 185 cm³/mol. The van der Waals surface area contributed by atoms with Gasteiger partial charge < -0.3 is 0 Å². The number of allylic oxidation sites excluding steroid dienone is 4. The van der Waals surface area contributed by atoms with E-state index in [9.17, 15) is 0 Å². The second kappa shape index (κ2) is 14.5. The molecule has 0 unspecified atom stereocenters. The molecule has 0 aliphatic heterocycles. The molecule has 0 aromatic heterocycles. The molecule has 0 N–H and O–H groups in total. The van der Waals surface area contributed by atoms with Crippen LogP contribution in [-0.2, 0) is 25.7 Å². The fraction of sp³-hybridized carbons (Fsp3) is 0.333. The van der Waals surface area contributed by atoms with E-state index < -0.39 is 0 Å². The third kappa shape index (κ3) is 7.04. The van der Waals surface area contributed by atoms with Crippen LogP contribution >= 0.6 is 0 Å². The zero-order valence-corrected chi connectivity index (χ0v) is 26.3. The molecule has 0 spiro atoms. The Morgan fingerprint density at radius 2 is 0.500 bits per heavy atom. The van der Waals surface area contributed by atoms with Crippen molar-refractivity contribution in [3.63, 3.8) is 0 Å². The minimum absolute atomic E-state index is 1.05. The molecule has 0 radical (unpaired) electrons. The summed E-state index contributed by atoms with van der Waals surface area (Å²) in [6.45, 7) is 9.19. The summed E-state index contributed by atoms with van der Waals surface area (Å²) in [6, 6.07) is 37.7. The van der Waals surface area contributed by atoms with Crippen molar-refractivity contribution in [1.82, 2.24) is 0 Å². The van der Waals surface area contributed by atoms with Gasteiger partial charge in [0, 0.05) is 0 Å². The van der Waals surface area contributed by atoms with Gasteiger partial charge in [0.05, 0.1) is 0 Å². The lowest BCUT2D eigenvalue weighted by Crippen LogP contribution is -1.96. The van der Waals surface area contributed by atoms with Crippen LogP contribution < -0.4 is 0 Å². The first-order valence-corrected chi connectivity index (χ1v) is 16.4. The molecule has 0 atom stereocenters. The molecule has 0 fully saturated rings. The van der Waals surface area contributed by atoms with Crippen LogP contribution in [0.5, 0.6) is 0 Å². The Balaban J connectivity index is 1.48. The largest absolute Gasteiger partial charge is 0.0613 e. The van der Waals surface area contributed by atoms with E-state index in [1.54, 1.807) is 0 Å². The summed E-state index contributed by atoms with van der Waals surface area (Å²) in [5, 5.41) is 0. The normalized spacial score (nSPS) is 18.2. The summed E-state index contributed by atoms with van der Waals surface area (Å²) in [5.41, 5.74) is 17.1. The Labute approximate surface area is 255 Å². The molecule has 0 saturated carbocycles. The van der Waals surface area contributed by atoms with E-state index >= 15 is 0 Å². The lowest BCUT2D eigenvalue weighted by atomic mass is 9.89. The monoisotopic (exact) mass is 552 g/mol. The second-order valence-corrected chi connectivity index (χ2v) is 11.8. The molecule has 0 amide bonds. The molecule has 4 aromatic carbocycles. The maximum absolute atomic E-state index is 2.35. The highest BCUT2D eigenvalue weighted by molar-refractivity contribution is 5.91. The van der Waals surface area contributed by atoms with E-state index in [1.807, 2.05) is 0 Å². The summed E-state index contributed by atoms with van der Waals surface area (Å²) in [5.74, 6) is 0. The molecule has 0 nitrogen and oxygen atoms in total. The zero-order valence-electron chi connectivity index (χ0n) is 26.3. The smallest absolute Gasteiger partial charge is 0.0221 e. The molecule has 4 aromatic rings. The van der Waals surface area contributed by atoms with Gasteiger partial charge in [-0.15, -0.1) is 0 Å². The summed E-state index contributed by atoms with van der Waals surface area (Å²) >= 11 is 0. The minimum atomic E-state index is 1.05. The summed E-state index contributed by atoms with van der Waals surface area (Å²) in [7, 11) is 0. The molecule has 42 heavy (non-hydrogen) atoms. The second-order valence-electron chi connectivity index (χ2n) is 11.8. The highest BCUT2D eigenvalue weighted by atomic mass is 14.2. The van der Waals surface area contributed by atoms with Gasteiger partial charge in [0.15, 0.2) is 0 Å². The van der Waals surface area contributed by atoms with Crippen LogP contribution in [0.3, 0.4) is 0 Å². The van der Waals surface area contributed by atoms with Crippen LogP contribution in [-0.4, -0.2) is 0 Å². The van der Waals surface area contributed by atoms with E-state index in [2.05, 4.69) is 125 Å². The van der Waals surface area contributed by atoms with Crippen molar-refractivity contribution in [3.8, 4) is 0 Å². The molecule has 7 aliphatic carbocycles. The molecule has 0 saturated heterocycles. The van der Waals surface area contributed by atoms with E-state index in [4.69, 9.17) is 0 Å². The Kier molecular flexibility index (Phi) is 10.3. The Morgan fingerprint density at radius 1 is 0.310 bits per heavy atom. The molecule has 8 bridgehead atoms. The van der Waals surface area contributed by atoms with Crippen LogP contribution in [0.1, 0.15) is 111 Å². The molecule has 11 rings (SSSR count). The summed E-state index contributed by atoms with van der Waals surface area (Å²) < 4.78 is 0. The lowest BCUT2D eigenvalue weighted by Gasteiger charge is -2.16. The van der Waals surface area contributed by atoms with Gasteiger partial charge in [-0.2, -0.15) is 0 Å². The molecule has 0 heterocycles.